The van der Waals surface area contributed by atoms with Gasteiger partial charge < -0.3 is 5.32 Å². The summed E-state index contributed by atoms with van der Waals surface area (Å²) < 4.78 is 25.3. The maximum absolute atomic E-state index is 12.4. The molecule has 1 amide bonds. The van der Waals surface area contributed by atoms with Crippen LogP contribution in [0.1, 0.15) is 33.9 Å². The van der Waals surface area contributed by atoms with E-state index in [1.54, 1.807) is 12.1 Å². The zero-order valence-corrected chi connectivity index (χ0v) is 14.5. The van der Waals surface area contributed by atoms with E-state index in [1.807, 2.05) is 18.2 Å². The number of sulfonamides is 1. The van der Waals surface area contributed by atoms with Gasteiger partial charge in [0.2, 0.25) is 10.0 Å². The van der Waals surface area contributed by atoms with Crippen LogP contribution >= 0.6 is 0 Å². The van der Waals surface area contributed by atoms with Gasteiger partial charge >= 0.3 is 0 Å². The van der Waals surface area contributed by atoms with E-state index < -0.39 is 10.0 Å². The van der Waals surface area contributed by atoms with Crippen LogP contribution < -0.4 is 5.32 Å². The van der Waals surface area contributed by atoms with Gasteiger partial charge in [0.1, 0.15) is 0 Å². The molecule has 3 rings (SSSR count). The highest BCUT2D eigenvalue weighted by atomic mass is 32.2. The molecule has 126 valence electrons. The topological polar surface area (TPSA) is 66.5 Å². The minimum absolute atomic E-state index is 0.0129. The first-order valence-electron chi connectivity index (χ1n) is 7.81. The fraction of sp³-hybridized carbons (Fsp3) is 0.278. The van der Waals surface area contributed by atoms with Crippen molar-refractivity contribution in [3.8, 4) is 0 Å². The lowest BCUT2D eigenvalue weighted by molar-refractivity contribution is 0.0936. The van der Waals surface area contributed by atoms with Gasteiger partial charge in [-0.2, -0.15) is 0 Å². The van der Waals surface area contributed by atoms with Crippen molar-refractivity contribution in [3.05, 3.63) is 65.2 Å². The van der Waals surface area contributed by atoms with Crippen LogP contribution in [0.4, 0.5) is 0 Å². The number of aryl methyl sites for hydroxylation is 1. The van der Waals surface area contributed by atoms with Crippen LogP contribution in [-0.2, 0) is 16.4 Å². The molecule has 6 heteroatoms. The van der Waals surface area contributed by atoms with Gasteiger partial charge in [0.15, 0.2) is 0 Å². The Morgan fingerprint density at radius 1 is 1.08 bits per heavy atom. The van der Waals surface area contributed by atoms with Gasteiger partial charge in [-0.05, 0) is 48.2 Å². The van der Waals surface area contributed by atoms with Crippen LogP contribution in [0.2, 0.25) is 0 Å². The zero-order chi connectivity index (χ0) is 17.3. The number of nitrogens with zero attached hydrogens (tertiary/aromatic N) is 1. The Hall–Kier alpha value is -2.18. The average Bonchev–Trinajstić information content (AvgIpc) is 2.98. The molecule has 1 aliphatic carbocycles. The number of carbonyl (C=O) groups excluding carboxylic acids is 1. The van der Waals surface area contributed by atoms with E-state index in [1.165, 1.54) is 31.8 Å². The molecule has 0 radical (unpaired) electrons. The first-order valence-corrected chi connectivity index (χ1v) is 9.25. The van der Waals surface area contributed by atoms with Crippen molar-refractivity contribution < 1.29 is 13.2 Å². The van der Waals surface area contributed by atoms with Crippen LogP contribution in [0.15, 0.2) is 53.4 Å². The molecule has 0 aromatic heterocycles. The number of rotatable bonds is 4. The molecule has 1 N–H and O–H groups in total. The molecular formula is C18H20N2O3S. The van der Waals surface area contributed by atoms with E-state index in [4.69, 9.17) is 0 Å². The van der Waals surface area contributed by atoms with E-state index in [0.29, 0.717) is 5.56 Å². The van der Waals surface area contributed by atoms with Crippen LogP contribution in [0.5, 0.6) is 0 Å². The third-order valence-electron chi connectivity index (χ3n) is 4.33. The van der Waals surface area contributed by atoms with Crippen molar-refractivity contribution in [2.45, 2.75) is 23.8 Å². The Balaban J connectivity index is 1.75. The third-order valence-corrected chi connectivity index (χ3v) is 6.16. The second-order valence-corrected chi connectivity index (χ2v) is 8.23. The molecule has 0 bridgehead atoms. The third kappa shape index (κ3) is 3.07. The molecule has 5 nitrogen and oxygen atoms in total. The molecule has 24 heavy (non-hydrogen) atoms. The standard InChI is InChI=1S/C18H20N2O3S/c1-20(2)24(22,23)15-10-7-14(8-11-15)18(21)19-17-12-9-13-5-3-4-6-16(13)17/h3-8,10-11,17H,9,12H2,1-2H3,(H,19,21). The summed E-state index contributed by atoms with van der Waals surface area (Å²) in [5.41, 5.74) is 2.89. The van der Waals surface area contributed by atoms with Gasteiger partial charge in [0, 0.05) is 19.7 Å². The Bertz CT molecular complexity index is 858. The monoisotopic (exact) mass is 344 g/mol. The summed E-state index contributed by atoms with van der Waals surface area (Å²) >= 11 is 0. The number of hydrogen-bond acceptors (Lipinski definition) is 3. The first kappa shape index (κ1) is 16.7. The predicted octanol–water partition coefficient (Wildman–Crippen LogP) is 2.35. The molecule has 2 aromatic rings. The summed E-state index contributed by atoms with van der Waals surface area (Å²) in [6.45, 7) is 0. The highest BCUT2D eigenvalue weighted by Gasteiger charge is 2.24. The van der Waals surface area contributed by atoms with Crippen LogP contribution in [0.25, 0.3) is 0 Å². The second kappa shape index (κ2) is 6.37. The minimum Gasteiger partial charge on any atom is -0.345 e. The number of nitrogens with one attached hydrogen (secondary N) is 1. The molecule has 1 atom stereocenters. The maximum Gasteiger partial charge on any atom is 0.251 e. The quantitative estimate of drug-likeness (QED) is 0.926. The van der Waals surface area contributed by atoms with Gasteiger partial charge in [0.05, 0.1) is 10.9 Å². The van der Waals surface area contributed by atoms with Crippen LogP contribution in [0, 0.1) is 0 Å². The Morgan fingerprint density at radius 2 is 1.75 bits per heavy atom. The fourth-order valence-corrected chi connectivity index (χ4v) is 3.84. The van der Waals surface area contributed by atoms with E-state index in [2.05, 4.69) is 11.4 Å². The molecule has 0 aliphatic heterocycles. The van der Waals surface area contributed by atoms with Crippen LogP contribution in [0.3, 0.4) is 0 Å². The van der Waals surface area contributed by atoms with Crippen LogP contribution in [-0.4, -0.2) is 32.7 Å². The number of amides is 1. The van der Waals surface area contributed by atoms with Crippen molar-refractivity contribution >= 4 is 15.9 Å². The number of fused-ring (bicyclic) bond motifs is 1. The molecule has 1 aliphatic rings. The van der Waals surface area contributed by atoms with E-state index in [9.17, 15) is 13.2 Å². The molecule has 0 spiro atoms. The Kier molecular flexibility index (Phi) is 4.43. The predicted molar refractivity (Wildman–Crippen MR) is 92.3 cm³/mol. The van der Waals surface area contributed by atoms with Crippen molar-refractivity contribution in [3.63, 3.8) is 0 Å². The lowest BCUT2D eigenvalue weighted by Gasteiger charge is -2.15. The molecule has 0 saturated heterocycles. The van der Waals surface area contributed by atoms with E-state index in [-0.39, 0.29) is 16.8 Å². The van der Waals surface area contributed by atoms with Crippen molar-refractivity contribution in [2.75, 3.05) is 14.1 Å². The summed E-state index contributed by atoms with van der Waals surface area (Å²) in [6, 6.07) is 14.2. The highest BCUT2D eigenvalue weighted by molar-refractivity contribution is 7.89. The van der Waals surface area contributed by atoms with Gasteiger partial charge in [-0.3, -0.25) is 4.79 Å². The SMILES string of the molecule is CN(C)S(=O)(=O)c1ccc(C(=O)NC2CCc3ccccc32)cc1. The minimum atomic E-state index is -3.48. The summed E-state index contributed by atoms with van der Waals surface area (Å²) in [5.74, 6) is -0.189. The van der Waals surface area contributed by atoms with Gasteiger partial charge in [-0.15, -0.1) is 0 Å². The number of carbonyl (C=O) groups is 1. The van der Waals surface area contributed by atoms with Crippen molar-refractivity contribution in [1.29, 1.82) is 0 Å². The molecule has 1 unspecified atom stereocenters. The lowest BCUT2D eigenvalue weighted by Crippen LogP contribution is -2.27. The molecule has 0 fully saturated rings. The average molecular weight is 344 g/mol. The van der Waals surface area contributed by atoms with E-state index in [0.717, 1.165) is 22.7 Å². The molecule has 0 heterocycles. The largest absolute Gasteiger partial charge is 0.345 e. The van der Waals surface area contributed by atoms with Gasteiger partial charge in [-0.25, -0.2) is 12.7 Å². The first-order chi connectivity index (χ1) is 11.4. The van der Waals surface area contributed by atoms with Gasteiger partial charge in [0.25, 0.3) is 5.91 Å². The molecule has 2 aromatic carbocycles. The number of benzene rings is 2. The van der Waals surface area contributed by atoms with Crippen molar-refractivity contribution in [1.82, 2.24) is 9.62 Å². The highest BCUT2D eigenvalue weighted by Crippen LogP contribution is 2.30. The fourth-order valence-electron chi connectivity index (χ4n) is 2.94. The lowest BCUT2D eigenvalue weighted by atomic mass is 10.1. The molecular weight excluding hydrogens is 324 g/mol. The summed E-state index contributed by atoms with van der Waals surface area (Å²) in [5, 5.41) is 3.03. The van der Waals surface area contributed by atoms with E-state index >= 15 is 0 Å². The Morgan fingerprint density at radius 3 is 2.42 bits per heavy atom. The summed E-state index contributed by atoms with van der Waals surface area (Å²) in [4.78, 5) is 12.6. The Labute approximate surface area is 142 Å². The smallest absolute Gasteiger partial charge is 0.251 e. The normalized spacial score (nSPS) is 16.9. The maximum atomic E-state index is 12.4. The zero-order valence-electron chi connectivity index (χ0n) is 13.7. The van der Waals surface area contributed by atoms with Crippen molar-refractivity contribution in [2.24, 2.45) is 0 Å². The second-order valence-electron chi connectivity index (χ2n) is 6.08. The summed E-state index contributed by atoms with van der Waals surface area (Å²) in [6.07, 6.45) is 1.85. The molecule has 0 saturated carbocycles. The van der Waals surface area contributed by atoms with Gasteiger partial charge in [-0.1, -0.05) is 24.3 Å². The number of hydrogen-bond donors (Lipinski definition) is 1. The summed E-state index contributed by atoms with van der Waals surface area (Å²) in [7, 11) is -0.521.